The molecule has 7 heteroatoms. The Morgan fingerprint density at radius 3 is 3.06 bits per heavy atom. The van der Waals surface area contributed by atoms with Crippen LogP contribution in [0.1, 0.15) is 13.3 Å². The molecule has 0 unspecified atom stereocenters. The molecule has 0 N–H and O–H groups in total. The number of hydrogen-bond donors (Lipinski definition) is 0. The number of aromatic nitrogens is 2. The van der Waals surface area contributed by atoms with Crippen LogP contribution in [0.4, 0.5) is 0 Å². The van der Waals surface area contributed by atoms with Gasteiger partial charge in [-0.3, -0.25) is 4.79 Å². The molecule has 94 valence electrons. The molecule has 0 saturated carbocycles. The van der Waals surface area contributed by atoms with Crippen molar-refractivity contribution in [2.75, 3.05) is 0 Å². The first-order valence-electron chi connectivity index (χ1n) is 5.47. The number of thiophene rings is 1. The van der Waals surface area contributed by atoms with Gasteiger partial charge in [0.15, 0.2) is 0 Å². The van der Waals surface area contributed by atoms with Gasteiger partial charge in [0.05, 0.1) is 4.88 Å². The maximum Gasteiger partial charge on any atom is 0.320 e. The second kappa shape index (κ2) is 4.74. The zero-order chi connectivity index (χ0) is 12.5. The quantitative estimate of drug-likeness (QED) is 0.806. The van der Waals surface area contributed by atoms with Crippen LogP contribution >= 0.6 is 23.1 Å². The topological polar surface area (TPSA) is 65.2 Å². The molecule has 1 aliphatic heterocycles. The second-order valence-corrected chi connectivity index (χ2v) is 6.04. The SMILES string of the molecule is C[C@H]1C[C@@H](Sc2nnc(-c3cccs3)o2)C(=O)O1. The third-order valence-electron chi connectivity index (χ3n) is 2.51. The largest absolute Gasteiger partial charge is 0.462 e. The average Bonchev–Trinajstić information content (AvgIpc) is 3.02. The van der Waals surface area contributed by atoms with Crippen LogP contribution < -0.4 is 0 Å². The van der Waals surface area contributed by atoms with Gasteiger partial charge in [-0.15, -0.1) is 21.5 Å². The zero-order valence-corrected chi connectivity index (χ0v) is 11.2. The fourth-order valence-electron chi connectivity index (χ4n) is 1.70. The summed E-state index contributed by atoms with van der Waals surface area (Å²) in [4.78, 5) is 12.4. The smallest absolute Gasteiger partial charge is 0.320 e. The highest BCUT2D eigenvalue weighted by Crippen LogP contribution is 2.33. The monoisotopic (exact) mass is 282 g/mol. The third-order valence-corrected chi connectivity index (χ3v) is 4.40. The van der Waals surface area contributed by atoms with E-state index in [4.69, 9.17) is 9.15 Å². The Hall–Kier alpha value is -1.34. The minimum atomic E-state index is -0.239. The van der Waals surface area contributed by atoms with Crippen molar-refractivity contribution in [1.29, 1.82) is 0 Å². The molecule has 0 aromatic carbocycles. The fraction of sp³-hybridized carbons (Fsp3) is 0.364. The molecule has 18 heavy (non-hydrogen) atoms. The van der Waals surface area contributed by atoms with E-state index in [1.165, 1.54) is 23.1 Å². The van der Waals surface area contributed by atoms with Crippen LogP contribution in [-0.2, 0) is 9.53 Å². The summed E-state index contributed by atoms with van der Waals surface area (Å²) in [6.07, 6.45) is 0.648. The fourth-order valence-corrected chi connectivity index (χ4v) is 3.32. The molecule has 2 aromatic rings. The number of carbonyl (C=O) groups is 1. The molecule has 0 radical (unpaired) electrons. The summed E-state index contributed by atoms with van der Waals surface area (Å²) in [7, 11) is 0. The molecule has 0 bridgehead atoms. The predicted molar refractivity (Wildman–Crippen MR) is 67.4 cm³/mol. The predicted octanol–water partition coefficient (Wildman–Crippen LogP) is 2.59. The minimum absolute atomic E-state index is 0.0327. The van der Waals surface area contributed by atoms with E-state index in [2.05, 4.69) is 10.2 Å². The molecule has 1 aliphatic rings. The van der Waals surface area contributed by atoms with E-state index in [-0.39, 0.29) is 17.3 Å². The average molecular weight is 282 g/mol. The van der Waals surface area contributed by atoms with Crippen molar-refractivity contribution in [2.24, 2.45) is 0 Å². The molecule has 1 saturated heterocycles. The first-order chi connectivity index (χ1) is 8.72. The van der Waals surface area contributed by atoms with Gasteiger partial charge in [0.1, 0.15) is 11.4 Å². The van der Waals surface area contributed by atoms with E-state index >= 15 is 0 Å². The van der Waals surface area contributed by atoms with Gasteiger partial charge in [-0.25, -0.2) is 0 Å². The van der Waals surface area contributed by atoms with E-state index in [1.54, 1.807) is 0 Å². The lowest BCUT2D eigenvalue weighted by molar-refractivity contribution is -0.140. The highest BCUT2D eigenvalue weighted by molar-refractivity contribution is 8.00. The van der Waals surface area contributed by atoms with Crippen molar-refractivity contribution in [3.8, 4) is 10.8 Å². The number of carbonyl (C=O) groups excluding carboxylic acids is 1. The van der Waals surface area contributed by atoms with E-state index in [1.807, 2.05) is 24.4 Å². The van der Waals surface area contributed by atoms with Crippen LogP contribution in [0.3, 0.4) is 0 Å². The van der Waals surface area contributed by atoms with Crippen LogP contribution in [0, 0.1) is 0 Å². The van der Waals surface area contributed by atoms with Crippen molar-refractivity contribution in [1.82, 2.24) is 10.2 Å². The maximum absolute atomic E-state index is 11.5. The maximum atomic E-state index is 11.5. The van der Waals surface area contributed by atoms with Crippen LogP contribution in [0.2, 0.25) is 0 Å². The molecular weight excluding hydrogens is 272 g/mol. The molecule has 3 rings (SSSR count). The number of esters is 1. The Morgan fingerprint density at radius 2 is 2.39 bits per heavy atom. The Balaban J connectivity index is 1.73. The van der Waals surface area contributed by atoms with E-state index in [0.29, 0.717) is 17.5 Å². The van der Waals surface area contributed by atoms with Crippen LogP contribution in [0.15, 0.2) is 27.2 Å². The molecule has 3 heterocycles. The van der Waals surface area contributed by atoms with Gasteiger partial charge in [0.25, 0.3) is 11.1 Å². The number of cyclic esters (lactones) is 1. The highest BCUT2D eigenvalue weighted by atomic mass is 32.2. The Morgan fingerprint density at radius 1 is 1.50 bits per heavy atom. The standard InChI is InChI=1S/C11H10N2O3S2/c1-6-5-8(10(14)15-6)18-11-13-12-9(16-11)7-3-2-4-17-7/h2-4,6,8H,5H2,1H3/t6-,8+/m0/s1. The first kappa shape index (κ1) is 11.7. The van der Waals surface area contributed by atoms with Gasteiger partial charge in [-0.05, 0) is 30.1 Å². The normalized spacial score (nSPS) is 23.3. The summed E-state index contributed by atoms with van der Waals surface area (Å²) in [5, 5.41) is 10.0. The van der Waals surface area contributed by atoms with Crippen molar-refractivity contribution in [2.45, 2.75) is 29.9 Å². The first-order valence-corrected chi connectivity index (χ1v) is 7.23. The summed E-state index contributed by atoms with van der Waals surface area (Å²) < 4.78 is 10.6. The summed E-state index contributed by atoms with van der Waals surface area (Å²) in [5.41, 5.74) is 0. The Bertz CT molecular complexity index is 552. The van der Waals surface area contributed by atoms with Crippen molar-refractivity contribution in [3.63, 3.8) is 0 Å². The van der Waals surface area contributed by atoms with Gasteiger partial charge >= 0.3 is 5.97 Å². The number of hydrogen-bond acceptors (Lipinski definition) is 7. The summed E-state index contributed by atoms with van der Waals surface area (Å²) in [6.45, 7) is 1.88. The van der Waals surface area contributed by atoms with Gasteiger partial charge < -0.3 is 9.15 Å². The van der Waals surface area contributed by atoms with Gasteiger partial charge in [0, 0.05) is 6.42 Å². The van der Waals surface area contributed by atoms with Gasteiger partial charge in [-0.1, -0.05) is 6.07 Å². The van der Waals surface area contributed by atoms with Gasteiger partial charge in [-0.2, -0.15) is 0 Å². The molecule has 0 aliphatic carbocycles. The molecule has 0 amide bonds. The highest BCUT2D eigenvalue weighted by Gasteiger charge is 2.34. The van der Waals surface area contributed by atoms with Gasteiger partial charge in [0.2, 0.25) is 0 Å². The number of rotatable bonds is 3. The number of thioether (sulfide) groups is 1. The van der Waals surface area contributed by atoms with Crippen LogP contribution in [0.25, 0.3) is 10.8 Å². The minimum Gasteiger partial charge on any atom is -0.462 e. The lowest BCUT2D eigenvalue weighted by Gasteiger charge is -1.98. The number of ether oxygens (including phenoxy) is 1. The van der Waals surface area contributed by atoms with Crippen LogP contribution in [-0.4, -0.2) is 27.5 Å². The third kappa shape index (κ3) is 2.28. The molecular formula is C11H10N2O3S2. The molecule has 2 aromatic heterocycles. The lowest BCUT2D eigenvalue weighted by Crippen LogP contribution is -2.09. The summed E-state index contributed by atoms with van der Waals surface area (Å²) in [6, 6.07) is 3.84. The Labute approximate surface area is 112 Å². The molecule has 0 spiro atoms. The second-order valence-electron chi connectivity index (χ2n) is 3.94. The van der Waals surface area contributed by atoms with Crippen molar-refractivity contribution >= 4 is 29.1 Å². The number of nitrogens with zero attached hydrogens (tertiary/aromatic N) is 2. The zero-order valence-electron chi connectivity index (χ0n) is 9.53. The van der Waals surface area contributed by atoms with Crippen LogP contribution in [0.5, 0.6) is 0 Å². The lowest BCUT2D eigenvalue weighted by atomic mass is 10.3. The molecule has 2 atom stereocenters. The van der Waals surface area contributed by atoms with E-state index in [9.17, 15) is 4.79 Å². The van der Waals surface area contributed by atoms with Crippen molar-refractivity contribution in [3.05, 3.63) is 17.5 Å². The van der Waals surface area contributed by atoms with E-state index < -0.39 is 0 Å². The Kier molecular flexibility index (Phi) is 3.09. The molecule has 1 fully saturated rings. The van der Waals surface area contributed by atoms with E-state index in [0.717, 1.165) is 4.88 Å². The summed E-state index contributed by atoms with van der Waals surface area (Å²) >= 11 is 2.81. The summed E-state index contributed by atoms with van der Waals surface area (Å²) in [5.74, 6) is 0.287. The van der Waals surface area contributed by atoms with Crippen molar-refractivity contribution < 1.29 is 13.9 Å². The molecule has 5 nitrogen and oxygen atoms in total.